The first-order valence-electron chi connectivity index (χ1n) is 6.51. The zero-order chi connectivity index (χ0) is 14.7. The Balaban J connectivity index is 1.76. The molecule has 2 aromatic heterocycles. The molecule has 2 heterocycles. The second-order valence-electron chi connectivity index (χ2n) is 4.65. The van der Waals surface area contributed by atoms with Crippen molar-refractivity contribution in [3.05, 3.63) is 70.5 Å². The lowest BCUT2D eigenvalue weighted by atomic mass is 10.1. The van der Waals surface area contributed by atoms with E-state index in [9.17, 15) is 5.11 Å². The Morgan fingerprint density at radius 3 is 2.52 bits per heavy atom. The third-order valence-corrected chi connectivity index (χ3v) is 4.52. The Labute approximate surface area is 131 Å². The van der Waals surface area contributed by atoms with E-state index in [2.05, 4.69) is 9.97 Å². The monoisotopic (exact) mass is 316 g/mol. The molecular weight excluding hydrogens is 304 g/mol. The average Bonchev–Trinajstić information content (AvgIpc) is 2.99. The molecule has 21 heavy (non-hydrogen) atoms. The summed E-state index contributed by atoms with van der Waals surface area (Å²) < 4.78 is 0. The standard InChI is InChI=1S/C16H13ClN2OS/c17-13-3-1-12(2-4-13)16-19-10-15(21-16)14(20)9-11-5-7-18-8-6-11/h1-8,10,14,20H,9H2. The number of hydrogen-bond donors (Lipinski definition) is 1. The van der Waals surface area contributed by atoms with E-state index in [1.807, 2.05) is 36.4 Å². The molecule has 0 bridgehead atoms. The van der Waals surface area contributed by atoms with Crippen LogP contribution in [0.1, 0.15) is 16.5 Å². The number of benzene rings is 1. The maximum Gasteiger partial charge on any atom is 0.123 e. The SMILES string of the molecule is OC(Cc1ccncc1)c1cnc(-c2ccc(Cl)cc2)s1. The van der Waals surface area contributed by atoms with E-state index < -0.39 is 6.10 Å². The van der Waals surface area contributed by atoms with Gasteiger partial charge in [-0.15, -0.1) is 11.3 Å². The van der Waals surface area contributed by atoms with Gasteiger partial charge in [0.2, 0.25) is 0 Å². The summed E-state index contributed by atoms with van der Waals surface area (Å²) in [4.78, 5) is 9.21. The average molecular weight is 317 g/mol. The lowest BCUT2D eigenvalue weighted by Gasteiger charge is -2.07. The summed E-state index contributed by atoms with van der Waals surface area (Å²) in [5.41, 5.74) is 2.06. The van der Waals surface area contributed by atoms with Crippen molar-refractivity contribution in [1.29, 1.82) is 0 Å². The molecule has 3 nitrogen and oxygen atoms in total. The van der Waals surface area contributed by atoms with Crippen molar-refractivity contribution in [2.75, 3.05) is 0 Å². The number of halogens is 1. The summed E-state index contributed by atoms with van der Waals surface area (Å²) in [5, 5.41) is 11.9. The summed E-state index contributed by atoms with van der Waals surface area (Å²) >= 11 is 7.38. The van der Waals surface area contributed by atoms with Crippen LogP contribution in [0.4, 0.5) is 0 Å². The van der Waals surface area contributed by atoms with Gasteiger partial charge in [-0.1, -0.05) is 23.7 Å². The predicted octanol–water partition coefficient (Wildman–Crippen LogP) is 4.13. The highest BCUT2D eigenvalue weighted by Crippen LogP contribution is 2.30. The minimum Gasteiger partial charge on any atom is -0.387 e. The molecule has 106 valence electrons. The Morgan fingerprint density at radius 2 is 1.81 bits per heavy atom. The van der Waals surface area contributed by atoms with Gasteiger partial charge >= 0.3 is 0 Å². The Kier molecular flexibility index (Phi) is 4.29. The van der Waals surface area contributed by atoms with Crippen LogP contribution in [-0.2, 0) is 6.42 Å². The molecule has 1 aromatic carbocycles. The normalized spacial score (nSPS) is 12.3. The molecule has 3 rings (SSSR count). The molecule has 0 saturated carbocycles. The zero-order valence-corrected chi connectivity index (χ0v) is 12.7. The van der Waals surface area contributed by atoms with Crippen LogP contribution in [0, 0.1) is 0 Å². The summed E-state index contributed by atoms with van der Waals surface area (Å²) in [5.74, 6) is 0. The largest absolute Gasteiger partial charge is 0.387 e. The van der Waals surface area contributed by atoms with Gasteiger partial charge in [0.05, 0.1) is 11.0 Å². The molecule has 0 aliphatic carbocycles. The van der Waals surface area contributed by atoms with Gasteiger partial charge in [-0.2, -0.15) is 0 Å². The van der Waals surface area contributed by atoms with Crippen LogP contribution in [0.2, 0.25) is 5.02 Å². The fourth-order valence-corrected chi connectivity index (χ4v) is 3.04. The third kappa shape index (κ3) is 3.47. The first kappa shape index (κ1) is 14.2. The Bertz CT molecular complexity index is 713. The van der Waals surface area contributed by atoms with Crippen LogP contribution in [0.25, 0.3) is 10.6 Å². The van der Waals surface area contributed by atoms with Gasteiger partial charge in [0.15, 0.2) is 0 Å². The minimum atomic E-state index is -0.550. The number of pyridine rings is 1. The lowest BCUT2D eigenvalue weighted by molar-refractivity contribution is 0.182. The first-order chi connectivity index (χ1) is 10.2. The van der Waals surface area contributed by atoms with Crippen LogP contribution in [0.3, 0.4) is 0 Å². The van der Waals surface area contributed by atoms with Crippen molar-refractivity contribution in [2.45, 2.75) is 12.5 Å². The fraction of sp³-hybridized carbons (Fsp3) is 0.125. The van der Waals surface area contributed by atoms with Crippen LogP contribution >= 0.6 is 22.9 Å². The van der Waals surface area contributed by atoms with Gasteiger partial charge in [-0.05, 0) is 29.8 Å². The second-order valence-corrected chi connectivity index (χ2v) is 6.15. The predicted molar refractivity (Wildman–Crippen MR) is 85.5 cm³/mol. The van der Waals surface area contributed by atoms with Gasteiger partial charge in [0, 0.05) is 35.6 Å². The van der Waals surface area contributed by atoms with Crippen molar-refractivity contribution in [2.24, 2.45) is 0 Å². The van der Waals surface area contributed by atoms with Gasteiger partial charge in [-0.25, -0.2) is 4.98 Å². The highest BCUT2D eigenvalue weighted by atomic mass is 35.5. The van der Waals surface area contributed by atoms with Crippen molar-refractivity contribution in [3.63, 3.8) is 0 Å². The fourth-order valence-electron chi connectivity index (χ4n) is 2.01. The number of aromatic nitrogens is 2. The smallest absolute Gasteiger partial charge is 0.123 e. The molecule has 0 aliphatic heterocycles. The van der Waals surface area contributed by atoms with Crippen molar-refractivity contribution >= 4 is 22.9 Å². The molecule has 0 fully saturated rings. The molecule has 1 unspecified atom stereocenters. The zero-order valence-electron chi connectivity index (χ0n) is 11.1. The van der Waals surface area contributed by atoms with E-state index in [1.165, 1.54) is 11.3 Å². The van der Waals surface area contributed by atoms with Crippen molar-refractivity contribution in [3.8, 4) is 10.6 Å². The van der Waals surface area contributed by atoms with E-state index >= 15 is 0 Å². The van der Waals surface area contributed by atoms with Crippen LogP contribution in [0.15, 0.2) is 55.0 Å². The van der Waals surface area contributed by atoms with E-state index in [4.69, 9.17) is 11.6 Å². The molecule has 0 saturated heterocycles. The number of hydrogen-bond acceptors (Lipinski definition) is 4. The van der Waals surface area contributed by atoms with Gasteiger partial charge < -0.3 is 5.11 Å². The van der Waals surface area contributed by atoms with Crippen LogP contribution in [-0.4, -0.2) is 15.1 Å². The quantitative estimate of drug-likeness (QED) is 0.787. The van der Waals surface area contributed by atoms with E-state index in [0.717, 1.165) is 21.0 Å². The third-order valence-electron chi connectivity index (χ3n) is 3.12. The summed E-state index contributed by atoms with van der Waals surface area (Å²) in [6, 6.07) is 11.4. The number of thiazole rings is 1. The summed E-state index contributed by atoms with van der Waals surface area (Å²) in [6.45, 7) is 0. The molecule has 5 heteroatoms. The highest BCUT2D eigenvalue weighted by molar-refractivity contribution is 7.15. The van der Waals surface area contributed by atoms with E-state index in [0.29, 0.717) is 11.4 Å². The van der Waals surface area contributed by atoms with Gasteiger partial charge in [0.25, 0.3) is 0 Å². The number of nitrogens with zero attached hydrogens (tertiary/aromatic N) is 2. The molecular formula is C16H13ClN2OS. The Morgan fingerprint density at radius 1 is 1.10 bits per heavy atom. The van der Waals surface area contributed by atoms with Crippen molar-refractivity contribution in [1.82, 2.24) is 9.97 Å². The number of aliphatic hydroxyl groups is 1. The molecule has 0 spiro atoms. The molecule has 0 aliphatic rings. The molecule has 1 atom stereocenters. The first-order valence-corrected chi connectivity index (χ1v) is 7.70. The maximum absolute atomic E-state index is 10.3. The number of aliphatic hydroxyl groups excluding tert-OH is 1. The van der Waals surface area contributed by atoms with Crippen molar-refractivity contribution < 1.29 is 5.11 Å². The molecule has 0 radical (unpaired) electrons. The topological polar surface area (TPSA) is 46.0 Å². The van der Waals surface area contributed by atoms with Crippen LogP contribution in [0.5, 0.6) is 0 Å². The maximum atomic E-state index is 10.3. The summed E-state index contributed by atoms with van der Waals surface area (Å²) in [7, 11) is 0. The second kappa shape index (κ2) is 6.35. The Hall–Kier alpha value is -1.75. The van der Waals surface area contributed by atoms with Gasteiger partial charge in [-0.3, -0.25) is 4.98 Å². The molecule has 3 aromatic rings. The van der Waals surface area contributed by atoms with Gasteiger partial charge in [0.1, 0.15) is 5.01 Å². The number of rotatable bonds is 4. The summed E-state index contributed by atoms with van der Waals surface area (Å²) in [6.07, 6.45) is 5.21. The van der Waals surface area contributed by atoms with Crippen LogP contribution < -0.4 is 0 Å². The lowest BCUT2D eigenvalue weighted by Crippen LogP contribution is -1.99. The minimum absolute atomic E-state index is 0.550. The van der Waals surface area contributed by atoms with E-state index in [1.54, 1.807) is 18.6 Å². The molecule has 0 amide bonds. The molecule has 1 N–H and O–H groups in total. The van der Waals surface area contributed by atoms with E-state index in [-0.39, 0.29) is 0 Å². The highest BCUT2D eigenvalue weighted by Gasteiger charge is 2.13.